The summed E-state index contributed by atoms with van der Waals surface area (Å²) in [5.41, 5.74) is 2.72. The number of carbonyl (C=O) groups excluding carboxylic acids is 1. The highest BCUT2D eigenvalue weighted by Crippen LogP contribution is 2.48. The number of allylic oxidation sites excluding steroid dienone is 2. The number of hydrogen-bond donors (Lipinski definition) is 1. The summed E-state index contributed by atoms with van der Waals surface area (Å²) in [7, 11) is 3.63. The standard InChI is InChI=1S/C23H31NO2/c1-24(2)23(26)11-7-6-10-18-14-19-16-22(25)20(21(19)15-18)13-12-17-8-4-3-5-9-17/h3-5,8-9,12-14,19-22,25H,6-7,10-11,15-16H2,1-2H3/b13-12+/t19-,20+,21-,22+/m0/s1. The first-order valence-corrected chi connectivity index (χ1v) is 9.85. The van der Waals surface area contributed by atoms with Gasteiger partial charge in [0.05, 0.1) is 6.10 Å². The third kappa shape index (κ3) is 4.64. The molecule has 1 aromatic rings. The quantitative estimate of drug-likeness (QED) is 0.587. The van der Waals surface area contributed by atoms with Gasteiger partial charge in [-0.2, -0.15) is 0 Å². The van der Waals surface area contributed by atoms with E-state index in [9.17, 15) is 9.90 Å². The van der Waals surface area contributed by atoms with E-state index in [1.165, 1.54) is 11.1 Å². The normalized spacial score (nSPS) is 27.6. The van der Waals surface area contributed by atoms with Crippen molar-refractivity contribution in [3.63, 3.8) is 0 Å². The molecule has 26 heavy (non-hydrogen) atoms. The van der Waals surface area contributed by atoms with Crippen molar-refractivity contribution in [2.45, 2.75) is 44.6 Å². The van der Waals surface area contributed by atoms with Gasteiger partial charge in [-0.25, -0.2) is 0 Å². The molecule has 0 aromatic heterocycles. The van der Waals surface area contributed by atoms with E-state index in [4.69, 9.17) is 0 Å². The van der Waals surface area contributed by atoms with Crippen LogP contribution in [0.5, 0.6) is 0 Å². The minimum absolute atomic E-state index is 0.219. The lowest BCUT2D eigenvalue weighted by atomic mass is 9.88. The summed E-state index contributed by atoms with van der Waals surface area (Å²) in [6.07, 6.45) is 12.3. The van der Waals surface area contributed by atoms with Gasteiger partial charge in [0.15, 0.2) is 0 Å². The fourth-order valence-electron chi connectivity index (χ4n) is 4.43. The fraction of sp³-hybridized carbons (Fsp3) is 0.522. The van der Waals surface area contributed by atoms with E-state index in [1.807, 2.05) is 32.3 Å². The van der Waals surface area contributed by atoms with E-state index in [-0.39, 0.29) is 17.9 Å². The molecule has 3 rings (SSSR count). The average Bonchev–Trinajstić information content (AvgIpc) is 3.14. The van der Waals surface area contributed by atoms with Gasteiger partial charge in [0.2, 0.25) is 5.91 Å². The van der Waals surface area contributed by atoms with Gasteiger partial charge in [-0.3, -0.25) is 4.79 Å². The van der Waals surface area contributed by atoms with Gasteiger partial charge >= 0.3 is 0 Å². The van der Waals surface area contributed by atoms with Crippen LogP contribution in [-0.4, -0.2) is 36.1 Å². The number of hydrogen-bond acceptors (Lipinski definition) is 2. The van der Waals surface area contributed by atoms with Crippen LogP contribution >= 0.6 is 0 Å². The first-order chi connectivity index (χ1) is 12.5. The lowest BCUT2D eigenvalue weighted by molar-refractivity contribution is -0.128. The molecule has 1 saturated carbocycles. The molecule has 3 heteroatoms. The Morgan fingerprint density at radius 2 is 2.00 bits per heavy atom. The van der Waals surface area contributed by atoms with Crippen molar-refractivity contribution < 1.29 is 9.90 Å². The number of fused-ring (bicyclic) bond motifs is 1. The molecule has 1 amide bonds. The van der Waals surface area contributed by atoms with Crippen molar-refractivity contribution in [2.24, 2.45) is 17.8 Å². The molecule has 140 valence electrons. The van der Waals surface area contributed by atoms with Gasteiger partial charge in [0, 0.05) is 26.4 Å². The van der Waals surface area contributed by atoms with Crippen LogP contribution in [0.15, 0.2) is 48.1 Å². The Balaban J connectivity index is 1.49. The molecule has 0 unspecified atom stereocenters. The lowest BCUT2D eigenvalue weighted by Crippen LogP contribution is -2.21. The van der Waals surface area contributed by atoms with Gasteiger partial charge in [-0.1, -0.05) is 54.1 Å². The molecule has 0 aliphatic heterocycles. The second-order valence-electron chi connectivity index (χ2n) is 8.00. The van der Waals surface area contributed by atoms with E-state index < -0.39 is 0 Å². The number of carbonyl (C=O) groups is 1. The zero-order valence-electron chi connectivity index (χ0n) is 16.0. The number of amides is 1. The average molecular weight is 354 g/mol. The minimum atomic E-state index is -0.222. The summed E-state index contributed by atoms with van der Waals surface area (Å²) >= 11 is 0. The molecule has 2 aliphatic carbocycles. The van der Waals surface area contributed by atoms with Crippen LogP contribution in [-0.2, 0) is 4.79 Å². The number of benzene rings is 1. The van der Waals surface area contributed by atoms with E-state index in [2.05, 4.69) is 30.4 Å². The Morgan fingerprint density at radius 1 is 1.23 bits per heavy atom. The smallest absolute Gasteiger partial charge is 0.222 e. The van der Waals surface area contributed by atoms with Crippen molar-refractivity contribution in [1.29, 1.82) is 0 Å². The maximum atomic E-state index is 11.6. The number of nitrogens with zero attached hydrogens (tertiary/aromatic N) is 1. The van der Waals surface area contributed by atoms with Crippen molar-refractivity contribution in [3.8, 4) is 0 Å². The van der Waals surface area contributed by atoms with Gasteiger partial charge in [-0.15, -0.1) is 0 Å². The molecule has 0 spiro atoms. The van der Waals surface area contributed by atoms with E-state index in [0.717, 1.165) is 32.1 Å². The second-order valence-corrected chi connectivity index (χ2v) is 8.00. The van der Waals surface area contributed by atoms with Crippen LogP contribution in [0.1, 0.15) is 44.1 Å². The van der Waals surface area contributed by atoms with E-state index in [1.54, 1.807) is 4.90 Å². The molecule has 3 nitrogen and oxygen atoms in total. The molecule has 2 aliphatic rings. The Morgan fingerprint density at radius 3 is 2.73 bits per heavy atom. The zero-order chi connectivity index (χ0) is 18.5. The van der Waals surface area contributed by atoms with Crippen LogP contribution in [0.2, 0.25) is 0 Å². The topological polar surface area (TPSA) is 40.5 Å². The van der Waals surface area contributed by atoms with E-state index >= 15 is 0 Å². The summed E-state index contributed by atoms with van der Waals surface area (Å²) in [6.45, 7) is 0. The molecule has 0 bridgehead atoms. The molecule has 0 radical (unpaired) electrons. The van der Waals surface area contributed by atoms with Gasteiger partial charge in [-0.05, 0) is 49.5 Å². The summed E-state index contributed by atoms with van der Waals surface area (Å²) in [4.78, 5) is 13.3. The van der Waals surface area contributed by atoms with Crippen molar-refractivity contribution in [3.05, 3.63) is 53.6 Å². The molecule has 0 heterocycles. The summed E-state index contributed by atoms with van der Waals surface area (Å²) in [5.74, 6) is 1.54. The third-order valence-electron chi connectivity index (χ3n) is 5.90. The van der Waals surface area contributed by atoms with Crippen LogP contribution < -0.4 is 0 Å². The zero-order valence-corrected chi connectivity index (χ0v) is 16.0. The van der Waals surface area contributed by atoms with Crippen molar-refractivity contribution in [1.82, 2.24) is 4.90 Å². The molecular formula is C23H31NO2. The third-order valence-corrected chi connectivity index (χ3v) is 5.90. The molecule has 0 saturated heterocycles. The lowest BCUT2D eigenvalue weighted by Gasteiger charge is -2.18. The SMILES string of the molecule is CN(C)C(=O)CCCCC1=C[C@H]2C[C@@H](O)[C@H](/C=C/c3ccccc3)[C@H]2C1. The number of rotatable bonds is 7. The van der Waals surface area contributed by atoms with Crippen molar-refractivity contribution in [2.75, 3.05) is 14.1 Å². The molecule has 1 N–H and O–H groups in total. The second kappa shape index (κ2) is 8.68. The largest absolute Gasteiger partial charge is 0.392 e. The molecule has 1 fully saturated rings. The Labute approximate surface area is 157 Å². The van der Waals surface area contributed by atoms with E-state index in [0.29, 0.717) is 18.3 Å². The van der Waals surface area contributed by atoms with Gasteiger partial charge in [0.1, 0.15) is 0 Å². The number of unbranched alkanes of at least 4 members (excludes halogenated alkanes) is 1. The van der Waals surface area contributed by atoms with Gasteiger partial charge in [0.25, 0.3) is 0 Å². The number of aliphatic hydroxyl groups is 1. The predicted octanol–water partition coefficient (Wildman–Crippen LogP) is 4.29. The first kappa shape index (κ1) is 18.9. The highest BCUT2D eigenvalue weighted by Gasteiger charge is 2.43. The van der Waals surface area contributed by atoms with Crippen LogP contribution in [0.4, 0.5) is 0 Å². The molecule has 4 atom stereocenters. The molecule has 1 aromatic carbocycles. The van der Waals surface area contributed by atoms with Crippen molar-refractivity contribution >= 4 is 12.0 Å². The maximum absolute atomic E-state index is 11.6. The highest BCUT2D eigenvalue weighted by atomic mass is 16.3. The monoisotopic (exact) mass is 353 g/mol. The minimum Gasteiger partial charge on any atom is -0.392 e. The van der Waals surface area contributed by atoms with Crippen LogP contribution in [0.25, 0.3) is 6.08 Å². The van der Waals surface area contributed by atoms with Crippen LogP contribution in [0.3, 0.4) is 0 Å². The molecular weight excluding hydrogens is 322 g/mol. The number of aliphatic hydroxyl groups excluding tert-OH is 1. The maximum Gasteiger partial charge on any atom is 0.222 e. The summed E-state index contributed by atoms with van der Waals surface area (Å²) in [5, 5.41) is 10.5. The Hall–Kier alpha value is -1.87. The fourth-order valence-corrected chi connectivity index (χ4v) is 4.43. The Bertz CT molecular complexity index is 662. The summed E-state index contributed by atoms with van der Waals surface area (Å²) in [6, 6.07) is 10.3. The first-order valence-electron chi connectivity index (χ1n) is 9.85. The van der Waals surface area contributed by atoms with Gasteiger partial charge < -0.3 is 10.0 Å². The highest BCUT2D eigenvalue weighted by molar-refractivity contribution is 5.75. The Kier molecular flexibility index (Phi) is 6.31. The van der Waals surface area contributed by atoms with Crippen LogP contribution in [0, 0.1) is 17.8 Å². The summed E-state index contributed by atoms with van der Waals surface area (Å²) < 4.78 is 0. The predicted molar refractivity (Wildman–Crippen MR) is 106 cm³/mol.